The molecule has 2 aromatic rings. The fourth-order valence-electron chi connectivity index (χ4n) is 3.13. The summed E-state index contributed by atoms with van der Waals surface area (Å²) in [5.74, 6) is 0.595. The van der Waals surface area contributed by atoms with E-state index in [4.69, 9.17) is 11.5 Å². The third-order valence-electron chi connectivity index (χ3n) is 4.43. The number of para-hydroxylation sites is 1. The number of nitrogens with zero attached hydrogens (tertiary/aromatic N) is 3. The molecule has 0 unspecified atom stereocenters. The third-order valence-corrected chi connectivity index (χ3v) is 4.43. The van der Waals surface area contributed by atoms with E-state index in [-0.39, 0.29) is 11.7 Å². The highest BCUT2D eigenvalue weighted by Gasteiger charge is 2.23. The molecule has 1 aliphatic rings. The number of aromatic nitrogens is 2. The largest absolute Gasteiger partial charge is 0.507 e. The van der Waals surface area contributed by atoms with Gasteiger partial charge in [-0.05, 0) is 37.0 Å². The van der Waals surface area contributed by atoms with Crippen LogP contribution in [0.3, 0.4) is 0 Å². The van der Waals surface area contributed by atoms with Crippen LogP contribution in [0.25, 0.3) is 11.3 Å². The van der Waals surface area contributed by atoms with Gasteiger partial charge in [-0.15, -0.1) is 10.2 Å². The molecule has 1 fully saturated rings. The van der Waals surface area contributed by atoms with Crippen molar-refractivity contribution in [2.24, 2.45) is 11.7 Å². The summed E-state index contributed by atoms with van der Waals surface area (Å²) >= 11 is 0. The number of carbonyl (C=O) groups is 1. The Kier molecular flexibility index (Phi) is 4.50. The Labute approximate surface area is 140 Å². The Hall–Kier alpha value is -2.83. The standard InChI is InChI=1S/C17H21N5O2/c18-16(24)9-11-5-7-22(8-6-11)14-10-13(20-21-17(14)19)12-3-1-2-4-15(12)23/h1-4,10-11,23H,5-9H2,(H2,18,24)(H2,19,21). The molecule has 0 saturated carbocycles. The number of rotatable bonds is 4. The summed E-state index contributed by atoms with van der Waals surface area (Å²) in [4.78, 5) is 13.2. The minimum absolute atomic E-state index is 0.155. The number of hydrogen-bond acceptors (Lipinski definition) is 6. The van der Waals surface area contributed by atoms with Crippen molar-refractivity contribution in [2.45, 2.75) is 19.3 Å². The van der Waals surface area contributed by atoms with Crippen LogP contribution >= 0.6 is 0 Å². The molecular weight excluding hydrogens is 306 g/mol. The molecule has 1 amide bonds. The Morgan fingerprint density at radius 1 is 1.25 bits per heavy atom. The molecule has 0 atom stereocenters. The van der Waals surface area contributed by atoms with Crippen molar-refractivity contribution < 1.29 is 9.90 Å². The first kappa shape index (κ1) is 16.0. The third kappa shape index (κ3) is 3.40. The summed E-state index contributed by atoms with van der Waals surface area (Å²) in [5.41, 5.74) is 13.3. The highest BCUT2D eigenvalue weighted by molar-refractivity contribution is 5.75. The monoisotopic (exact) mass is 327 g/mol. The molecule has 1 aromatic carbocycles. The summed E-state index contributed by atoms with van der Waals surface area (Å²) in [6, 6.07) is 8.85. The summed E-state index contributed by atoms with van der Waals surface area (Å²) in [6.07, 6.45) is 2.20. The van der Waals surface area contributed by atoms with Crippen molar-refractivity contribution in [3.8, 4) is 17.0 Å². The lowest BCUT2D eigenvalue weighted by atomic mass is 9.93. The van der Waals surface area contributed by atoms with Gasteiger partial charge in [-0.3, -0.25) is 4.79 Å². The van der Waals surface area contributed by atoms with Crippen LogP contribution in [0, 0.1) is 5.92 Å². The SMILES string of the molecule is NC(=O)CC1CCN(c2cc(-c3ccccc3O)nnc2N)CC1. The van der Waals surface area contributed by atoms with Crippen LogP contribution in [0.15, 0.2) is 30.3 Å². The van der Waals surface area contributed by atoms with Crippen LogP contribution in [-0.4, -0.2) is 34.3 Å². The molecule has 2 heterocycles. The van der Waals surface area contributed by atoms with Crippen LogP contribution < -0.4 is 16.4 Å². The first-order chi connectivity index (χ1) is 11.5. The van der Waals surface area contributed by atoms with Crippen LogP contribution in [0.2, 0.25) is 0 Å². The maximum Gasteiger partial charge on any atom is 0.217 e. The second-order valence-electron chi connectivity index (χ2n) is 6.12. The number of nitrogen functional groups attached to an aromatic ring is 1. The van der Waals surface area contributed by atoms with Gasteiger partial charge < -0.3 is 21.5 Å². The zero-order chi connectivity index (χ0) is 17.1. The second-order valence-corrected chi connectivity index (χ2v) is 6.12. The van der Waals surface area contributed by atoms with Crippen LogP contribution in [0.4, 0.5) is 11.5 Å². The van der Waals surface area contributed by atoms with Crippen molar-refractivity contribution in [1.82, 2.24) is 10.2 Å². The molecule has 0 spiro atoms. The molecule has 0 aliphatic carbocycles. The predicted octanol–water partition coefficient (Wildman–Crippen LogP) is 1.52. The molecule has 0 bridgehead atoms. The summed E-state index contributed by atoms with van der Waals surface area (Å²) in [7, 11) is 0. The van der Waals surface area contributed by atoms with Crippen LogP contribution in [-0.2, 0) is 4.79 Å². The first-order valence-electron chi connectivity index (χ1n) is 7.99. The zero-order valence-corrected chi connectivity index (χ0v) is 13.4. The number of aromatic hydroxyl groups is 1. The van der Waals surface area contributed by atoms with E-state index in [1.54, 1.807) is 18.2 Å². The molecule has 24 heavy (non-hydrogen) atoms. The van der Waals surface area contributed by atoms with Crippen molar-refractivity contribution in [2.75, 3.05) is 23.7 Å². The van der Waals surface area contributed by atoms with E-state index in [0.717, 1.165) is 31.6 Å². The van der Waals surface area contributed by atoms with Crippen molar-refractivity contribution in [1.29, 1.82) is 0 Å². The minimum atomic E-state index is -0.250. The number of nitrogens with two attached hydrogens (primary N) is 2. The fourth-order valence-corrected chi connectivity index (χ4v) is 3.13. The van der Waals surface area contributed by atoms with E-state index in [1.807, 2.05) is 12.1 Å². The van der Waals surface area contributed by atoms with Crippen molar-refractivity contribution in [3.63, 3.8) is 0 Å². The lowest BCUT2D eigenvalue weighted by molar-refractivity contribution is -0.119. The average Bonchev–Trinajstić information content (AvgIpc) is 2.56. The van der Waals surface area contributed by atoms with Crippen molar-refractivity contribution in [3.05, 3.63) is 30.3 Å². The highest BCUT2D eigenvalue weighted by Crippen LogP contribution is 2.33. The van der Waals surface area contributed by atoms with E-state index < -0.39 is 0 Å². The van der Waals surface area contributed by atoms with Gasteiger partial charge in [0.05, 0.1) is 11.4 Å². The number of anilines is 2. The Morgan fingerprint density at radius 2 is 1.96 bits per heavy atom. The maximum atomic E-state index is 11.1. The number of piperidine rings is 1. The first-order valence-corrected chi connectivity index (χ1v) is 7.99. The minimum Gasteiger partial charge on any atom is -0.507 e. The van der Waals surface area contributed by atoms with Gasteiger partial charge in [-0.2, -0.15) is 0 Å². The van der Waals surface area contributed by atoms with Gasteiger partial charge in [0.15, 0.2) is 5.82 Å². The molecule has 7 nitrogen and oxygen atoms in total. The second kappa shape index (κ2) is 6.74. The fraction of sp³-hybridized carbons (Fsp3) is 0.353. The topological polar surface area (TPSA) is 118 Å². The summed E-state index contributed by atoms with van der Waals surface area (Å²) in [5, 5.41) is 18.1. The quantitative estimate of drug-likeness (QED) is 0.783. The Bertz CT molecular complexity index is 742. The van der Waals surface area contributed by atoms with Crippen LogP contribution in [0.5, 0.6) is 5.75 Å². The molecule has 1 saturated heterocycles. The number of amides is 1. The molecule has 126 valence electrons. The molecule has 1 aromatic heterocycles. The predicted molar refractivity (Wildman–Crippen MR) is 92.3 cm³/mol. The number of benzene rings is 1. The molecular formula is C17H21N5O2. The smallest absolute Gasteiger partial charge is 0.217 e. The average molecular weight is 327 g/mol. The molecule has 5 N–H and O–H groups in total. The number of hydrogen-bond donors (Lipinski definition) is 3. The number of phenols is 1. The van der Waals surface area contributed by atoms with Gasteiger partial charge in [0.1, 0.15) is 5.75 Å². The highest BCUT2D eigenvalue weighted by atomic mass is 16.3. The number of phenolic OH excluding ortho intramolecular Hbond substituents is 1. The zero-order valence-electron chi connectivity index (χ0n) is 13.4. The Balaban J connectivity index is 1.81. The molecule has 1 aliphatic heterocycles. The molecule has 7 heteroatoms. The van der Waals surface area contributed by atoms with E-state index in [2.05, 4.69) is 15.1 Å². The van der Waals surface area contributed by atoms with Gasteiger partial charge >= 0.3 is 0 Å². The van der Waals surface area contributed by atoms with Crippen molar-refractivity contribution >= 4 is 17.4 Å². The van der Waals surface area contributed by atoms with Gasteiger partial charge in [-0.1, -0.05) is 12.1 Å². The lowest BCUT2D eigenvalue weighted by Crippen LogP contribution is -2.35. The molecule has 3 rings (SSSR count). The Morgan fingerprint density at radius 3 is 2.62 bits per heavy atom. The summed E-state index contributed by atoms with van der Waals surface area (Å²) in [6.45, 7) is 1.57. The number of carbonyl (C=O) groups excluding carboxylic acids is 1. The van der Waals surface area contributed by atoms with E-state index in [1.165, 1.54) is 0 Å². The van der Waals surface area contributed by atoms with Gasteiger partial charge in [0.25, 0.3) is 0 Å². The van der Waals surface area contributed by atoms with Gasteiger partial charge in [0, 0.05) is 25.1 Å². The van der Waals surface area contributed by atoms with Crippen LogP contribution in [0.1, 0.15) is 19.3 Å². The van der Waals surface area contributed by atoms with E-state index in [0.29, 0.717) is 29.4 Å². The lowest BCUT2D eigenvalue weighted by Gasteiger charge is -2.33. The van der Waals surface area contributed by atoms with Gasteiger partial charge in [-0.25, -0.2) is 0 Å². The van der Waals surface area contributed by atoms with E-state index >= 15 is 0 Å². The maximum absolute atomic E-state index is 11.1. The number of primary amides is 1. The summed E-state index contributed by atoms with van der Waals surface area (Å²) < 4.78 is 0. The van der Waals surface area contributed by atoms with Gasteiger partial charge in [0.2, 0.25) is 5.91 Å². The molecule has 0 radical (unpaired) electrons. The van der Waals surface area contributed by atoms with E-state index in [9.17, 15) is 9.90 Å². The normalized spacial score (nSPS) is 15.4.